The predicted octanol–water partition coefficient (Wildman–Crippen LogP) is 2.52. The van der Waals surface area contributed by atoms with E-state index < -0.39 is 5.60 Å². The molecule has 4 rings (SSSR count). The summed E-state index contributed by atoms with van der Waals surface area (Å²) in [7, 11) is 2.09. The second-order valence-electron chi connectivity index (χ2n) is 6.88. The molecule has 1 atom stereocenters. The van der Waals surface area contributed by atoms with E-state index >= 15 is 0 Å². The van der Waals surface area contributed by atoms with Gasteiger partial charge in [-0.2, -0.15) is 0 Å². The fourth-order valence-corrected chi connectivity index (χ4v) is 3.66. The Balaban J connectivity index is 1.69. The van der Waals surface area contributed by atoms with Crippen LogP contribution in [-0.4, -0.2) is 41.9 Å². The standard InChI is InChI=1S/C19H23N3O2/c1-22-6-2-4-14-8-15(11-21-18(14)22)16-9-17(12-20-10-16)19(23)5-3-7-24-13-19/h8-12,23H,2-7,13H2,1H3. The molecule has 0 aliphatic carbocycles. The van der Waals surface area contributed by atoms with E-state index in [-0.39, 0.29) is 0 Å². The van der Waals surface area contributed by atoms with E-state index in [1.54, 1.807) is 6.20 Å². The van der Waals surface area contributed by atoms with Crippen LogP contribution >= 0.6 is 0 Å². The van der Waals surface area contributed by atoms with Crippen LogP contribution < -0.4 is 4.90 Å². The van der Waals surface area contributed by atoms with E-state index in [1.165, 1.54) is 5.56 Å². The number of aliphatic hydroxyl groups is 1. The zero-order valence-corrected chi connectivity index (χ0v) is 14.0. The predicted molar refractivity (Wildman–Crippen MR) is 93.0 cm³/mol. The van der Waals surface area contributed by atoms with Crippen molar-refractivity contribution in [1.82, 2.24) is 9.97 Å². The highest BCUT2D eigenvalue weighted by atomic mass is 16.5. The topological polar surface area (TPSA) is 58.5 Å². The van der Waals surface area contributed by atoms with Gasteiger partial charge in [-0.1, -0.05) is 0 Å². The summed E-state index contributed by atoms with van der Waals surface area (Å²) < 4.78 is 5.48. The molecule has 1 unspecified atom stereocenters. The second-order valence-corrected chi connectivity index (χ2v) is 6.88. The van der Waals surface area contributed by atoms with Crippen molar-refractivity contribution < 1.29 is 9.84 Å². The van der Waals surface area contributed by atoms with Crippen molar-refractivity contribution in [3.8, 4) is 11.1 Å². The fourth-order valence-electron chi connectivity index (χ4n) is 3.66. The SMILES string of the molecule is CN1CCCc2cc(-c3cncc(C4(O)CCCOC4)c3)cnc21. The zero-order valence-electron chi connectivity index (χ0n) is 14.0. The highest BCUT2D eigenvalue weighted by molar-refractivity contribution is 5.66. The largest absolute Gasteiger partial charge is 0.383 e. The van der Waals surface area contributed by atoms with Crippen molar-refractivity contribution in [3.05, 3.63) is 41.9 Å². The summed E-state index contributed by atoms with van der Waals surface area (Å²) in [5, 5.41) is 10.9. The second kappa shape index (κ2) is 6.15. The monoisotopic (exact) mass is 325 g/mol. The summed E-state index contributed by atoms with van der Waals surface area (Å²) in [6.45, 7) is 2.12. The third kappa shape index (κ3) is 2.78. The molecule has 24 heavy (non-hydrogen) atoms. The van der Waals surface area contributed by atoms with Crippen LogP contribution in [0.3, 0.4) is 0 Å². The first-order valence-electron chi connectivity index (χ1n) is 8.62. The van der Waals surface area contributed by atoms with E-state index in [0.717, 1.165) is 54.9 Å². The molecule has 0 spiro atoms. The third-order valence-corrected chi connectivity index (χ3v) is 5.07. The molecular formula is C19H23N3O2. The van der Waals surface area contributed by atoms with E-state index in [2.05, 4.69) is 28.0 Å². The van der Waals surface area contributed by atoms with Crippen LogP contribution in [0.1, 0.15) is 30.4 Å². The number of aryl methyl sites for hydroxylation is 1. The molecule has 0 bridgehead atoms. The maximum absolute atomic E-state index is 10.9. The van der Waals surface area contributed by atoms with Crippen LogP contribution in [0.5, 0.6) is 0 Å². The lowest BCUT2D eigenvalue weighted by molar-refractivity contribution is -0.0904. The number of anilines is 1. The average molecular weight is 325 g/mol. The summed E-state index contributed by atoms with van der Waals surface area (Å²) in [6.07, 6.45) is 9.29. The number of rotatable bonds is 2. The van der Waals surface area contributed by atoms with Crippen molar-refractivity contribution >= 4 is 5.82 Å². The Morgan fingerprint density at radius 3 is 2.88 bits per heavy atom. The van der Waals surface area contributed by atoms with Gasteiger partial charge in [0.1, 0.15) is 11.4 Å². The fraction of sp³-hybridized carbons (Fsp3) is 0.474. The highest BCUT2D eigenvalue weighted by Gasteiger charge is 2.32. The van der Waals surface area contributed by atoms with Gasteiger partial charge >= 0.3 is 0 Å². The maximum atomic E-state index is 10.9. The van der Waals surface area contributed by atoms with E-state index in [4.69, 9.17) is 4.74 Å². The molecule has 0 saturated carbocycles. The Morgan fingerprint density at radius 2 is 2.04 bits per heavy atom. The van der Waals surface area contributed by atoms with Gasteiger partial charge in [-0.15, -0.1) is 0 Å². The summed E-state index contributed by atoms with van der Waals surface area (Å²) in [5.74, 6) is 1.08. The summed E-state index contributed by atoms with van der Waals surface area (Å²) in [4.78, 5) is 11.2. The van der Waals surface area contributed by atoms with Gasteiger partial charge < -0.3 is 14.7 Å². The Hall–Kier alpha value is -1.98. The van der Waals surface area contributed by atoms with Crippen LogP contribution in [0.4, 0.5) is 5.82 Å². The van der Waals surface area contributed by atoms with Crippen LogP contribution in [0.25, 0.3) is 11.1 Å². The van der Waals surface area contributed by atoms with Crippen molar-refractivity contribution in [2.75, 3.05) is 31.7 Å². The van der Waals surface area contributed by atoms with Gasteiger partial charge in [-0.05, 0) is 43.4 Å². The zero-order chi connectivity index (χ0) is 16.6. The van der Waals surface area contributed by atoms with Crippen molar-refractivity contribution in [2.24, 2.45) is 0 Å². The summed E-state index contributed by atoms with van der Waals surface area (Å²) in [5.41, 5.74) is 3.23. The van der Waals surface area contributed by atoms with Gasteiger partial charge in [0.25, 0.3) is 0 Å². The Bertz CT molecular complexity index is 741. The lowest BCUT2D eigenvalue weighted by atomic mass is 9.88. The lowest BCUT2D eigenvalue weighted by Crippen LogP contribution is -2.35. The Labute approximate surface area is 142 Å². The molecule has 126 valence electrons. The molecule has 1 saturated heterocycles. The first-order chi connectivity index (χ1) is 11.7. The summed E-state index contributed by atoms with van der Waals surface area (Å²) >= 11 is 0. The first kappa shape index (κ1) is 15.5. The van der Waals surface area contributed by atoms with E-state index in [0.29, 0.717) is 13.0 Å². The average Bonchev–Trinajstić information content (AvgIpc) is 2.62. The molecular weight excluding hydrogens is 302 g/mol. The minimum atomic E-state index is -0.927. The number of pyridine rings is 2. The lowest BCUT2D eigenvalue weighted by Gasteiger charge is -2.32. The van der Waals surface area contributed by atoms with Crippen molar-refractivity contribution in [3.63, 3.8) is 0 Å². The quantitative estimate of drug-likeness (QED) is 0.919. The van der Waals surface area contributed by atoms with Crippen molar-refractivity contribution in [1.29, 1.82) is 0 Å². The molecule has 0 radical (unpaired) electrons. The Kier molecular flexibility index (Phi) is 3.98. The molecule has 2 aliphatic heterocycles. The minimum Gasteiger partial charge on any atom is -0.383 e. The first-order valence-corrected chi connectivity index (χ1v) is 8.62. The van der Waals surface area contributed by atoms with Gasteiger partial charge in [-0.25, -0.2) is 4.98 Å². The normalized spacial score (nSPS) is 23.8. The molecule has 5 heteroatoms. The number of nitrogens with zero attached hydrogens (tertiary/aromatic N) is 3. The van der Waals surface area contributed by atoms with E-state index in [9.17, 15) is 5.11 Å². The van der Waals surface area contributed by atoms with Crippen LogP contribution in [-0.2, 0) is 16.8 Å². The molecule has 2 aliphatic rings. The van der Waals surface area contributed by atoms with Crippen LogP contribution in [0, 0.1) is 0 Å². The van der Waals surface area contributed by atoms with Crippen LogP contribution in [0.2, 0.25) is 0 Å². The van der Waals surface area contributed by atoms with Gasteiger partial charge in [0.2, 0.25) is 0 Å². The molecule has 4 heterocycles. The molecule has 1 N–H and O–H groups in total. The molecule has 0 amide bonds. The number of ether oxygens (including phenoxy) is 1. The number of hydrogen-bond donors (Lipinski definition) is 1. The third-order valence-electron chi connectivity index (χ3n) is 5.07. The highest BCUT2D eigenvalue weighted by Crippen LogP contribution is 2.33. The molecule has 2 aromatic heterocycles. The summed E-state index contributed by atoms with van der Waals surface area (Å²) in [6, 6.07) is 4.23. The number of hydrogen-bond acceptors (Lipinski definition) is 5. The molecule has 5 nitrogen and oxygen atoms in total. The molecule has 0 aromatic carbocycles. The van der Waals surface area contributed by atoms with Crippen LogP contribution in [0.15, 0.2) is 30.7 Å². The van der Waals surface area contributed by atoms with Gasteiger partial charge in [-0.3, -0.25) is 4.98 Å². The Morgan fingerprint density at radius 1 is 1.17 bits per heavy atom. The molecule has 2 aromatic rings. The maximum Gasteiger partial charge on any atom is 0.131 e. The smallest absolute Gasteiger partial charge is 0.131 e. The minimum absolute atomic E-state index is 0.339. The number of aromatic nitrogens is 2. The van der Waals surface area contributed by atoms with Crippen molar-refractivity contribution in [2.45, 2.75) is 31.3 Å². The van der Waals surface area contributed by atoms with Gasteiger partial charge in [0.15, 0.2) is 0 Å². The van der Waals surface area contributed by atoms with Gasteiger partial charge in [0.05, 0.1) is 6.61 Å². The number of fused-ring (bicyclic) bond motifs is 1. The van der Waals surface area contributed by atoms with Gasteiger partial charge in [0, 0.05) is 55.5 Å². The van der Waals surface area contributed by atoms with E-state index in [1.807, 2.05) is 18.5 Å². The molecule has 1 fully saturated rings.